The Bertz CT molecular complexity index is 355. The van der Waals surface area contributed by atoms with E-state index in [1.54, 1.807) is 0 Å². The van der Waals surface area contributed by atoms with E-state index in [-0.39, 0.29) is 0 Å². The first-order valence-corrected chi connectivity index (χ1v) is 6.35. The van der Waals surface area contributed by atoms with E-state index >= 15 is 0 Å². The number of carboxylic acid groups (broad SMARTS) is 1. The van der Waals surface area contributed by atoms with Crippen molar-refractivity contribution in [2.24, 2.45) is 5.92 Å². The average molecular weight is 242 g/mol. The molecule has 1 aromatic rings. The molecule has 0 saturated carbocycles. The summed E-state index contributed by atoms with van der Waals surface area (Å²) >= 11 is 1.32. The highest BCUT2D eigenvalue weighted by Gasteiger charge is 2.16. The predicted octanol–water partition coefficient (Wildman–Crippen LogP) is 3.43. The molecule has 0 bridgehead atoms. The second kappa shape index (κ2) is 5.89. The van der Waals surface area contributed by atoms with Crippen molar-refractivity contribution in [2.45, 2.75) is 33.6 Å². The van der Waals surface area contributed by atoms with Crippen LogP contribution in [-0.2, 0) is 6.42 Å². The van der Waals surface area contributed by atoms with Crippen LogP contribution >= 0.6 is 11.3 Å². The van der Waals surface area contributed by atoms with Crippen molar-refractivity contribution in [1.82, 2.24) is 0 Å². The molecule has 1 N–H and O–H groups in total. The summed E-state index contributed by atoms with van der Waals surface area (Å²) in [6.45, 7) is 6.72. The Balaban J connectivity index is 2.82. The van der Waals surface area contributed by atoms with Gasteiger partial charge in [0.2, 0.25) is 0 Å². The summed E-state index contributed by atoms with van der Waals surface area (Å²) in [5, 5.41) is 9.04. The molecule has 0 amide bonds. The number of ether oxygens (including phenoxy) is 1. The van der Waals surface area contributed by atoms with Crippen molar-refractivity contribution >= 4 is 17.3 Å². The summed E-state index contributed by atoms with van der Waals surface area (Å²) in [6.07, 6.45) is 1.93. The molecule has 3 nitrogen and oxygen atoms in total. The van der Waals surface area contributed by atoms with E-state index in [9.17, 15) is 4.79 Å². The van der Waals surface area contributed by atoms with Gasteiger partial charge in [0.15, 0.2) is 4.88 Å². The fraction of sp³-hybridized carbons (Fsp3) is 0.583. The monoisotopic (exact) mass is 242 g/mol. The highest BCUT2D eigenvalue weighted by molar-refractivity contribution is 7.14. The minimum atomic E-state index is -0.897. The van der Waals surface area contributed by atoms with Crippen molar-refractivity contribution in [2.75, 3.05) is 6.61 Å². The maximum absolute atomic E-state index is 11.0. The largest absolute Gasteiger partial charge is 0.492 e. The summed E-state index contributed by atoms with van der Waals surface area (Å²) in [7, 11) is 0. The number of thiophene rings is 1. The maximum atomic E-state index is 11.0. The Morgan fingerprint density at radius 3 is 2.75 bits per heavy atom. The SMILES string of the molecule is CCCc1cc(OCC(C)C)c(C(=O)O)s1. The van der Waals surface area contributed by atoms with Gasteiger partial charge >= 0.3 is 5.97 Å². The van der Waals surface area contributed by atoms with Crippen LogP contribution in [0.25, 0.3) is 0 Å². The molecule has 0 saturated heterocycles. The standard InChI is InChI=1S/C12H18O3S/c1-4-5-9-6-10(15-7-8(2)3)11(16-9)12(13)14/h6,8H,4-5,7H2,1-3H3,(H,13,14). The van der Waals surface area contributed by atoms with E-state index in [1.165, 1.54) is 11.3 Å². The van der Waals surface area contributed by atoms with Gasteiger partial charge in [-0.15, -0.1) is 11.3 Å². The average Bonchev–Trinajstić information content (AvgIpc) is 2.59. The lowest BCUT2D eigenvalue weighted by molar-refractivity contribution is 0.0697. The van der Waals surface area contributed by atoms with Crippen LogP contribution in [0, 0.1) is 5.92 Å². The third-order valence-corrected chi connectivity index (χ3v) is 3.18. The fourth-order valence-electron chi connectivity index (χ4n) is 1.30. The van der Waals surface area contributed by atoms with E-state index in [1.807, 2.05) is 19.9 Å². The third-order valence-electron chi connectivity index (χ3n) is 2.01. The Morgan fingerprint density at radius 1 is 1.56 bits per heavy atom. The predicted molar refractivity (Wildman–Crippen MR) is 65.6 cm³/mol. The zero-order chi connectivity index (χ0) is 12.1. The molecule has 1 aromatic heterocycles. The molecule has 0 aromatic carbocycles. The van der Waals surface area contributed by atoms with Crippen molar-refractivity contribution < 1.29 is 14.6 Å². The Morgan fingerprint density at radius 2 is 2.25 bits per heavy atom. The van der Waals surface area contributed by atoms with Gasteiger partial charge in [-0.25, -0.2) is 4.79 Å². The topological polar surface area (TPSA) is 46.5 Å². The molecule has 0 fully saturated rings. The molecular formula is C12H18O3S. The molecule has 0 aliphatic carbocycles. The summed E-state index contributed by atoms with van der Waals surface area (Å²) in [6, 6.07) is 1.86. The number of carbonyl (C=O) groups is 1. The van der Waals surface area contributed by atoms with Crippen LogP contribution in [0.5, 0.6) is 5.75 Å². The maximum Gasteiger partial charge on any atom is 0.349 e. The second-order valence-corrected chi connectivity index (χ2v) is 5.30. The highest BCUT2D eigenvalue weighted by Crippen LogP contribution is 2.30. The lowest BCUT2D eigenvalue weighted by Gasteiger charge is -2.07. The number of carboxylic acids is 1. The molecule has 4 heteroatoms. The quantitative estimate of drug-likeness (QED) is 0.831. The molecule has 90 valence electrons. The lowest BCUT2D eigenvalue weighted by atomic mass is 10.2. The molecule has 1 heterocycles. The van der Waals surface area contributed by atoms with Gasteiger partial charge in [-0.1, -0.05) is 27.2 Å². The van der Waals surface area contributed by atoms with Gasteiger partial charge in [0.05, 0.1) is 6.61 Å². The van der Waals surface area contributed by atoms with Crippen LogP contribution in [0.3, 0.4) is 0 Å². The first-order valence-electron chi connectivity index (χ1n) is 5.53. The van der Waals surface area contributed by atoms with E-state index in [0.29, 0.717) is 23.2 Å². The van der Waals surface area contributed by atoms with E-state index in [4.69, 9.17) is 9.84 Å². The Labute approximate surface area is 100 Å². The molecule has 0 aliphatic heterocycles. The van der Waals surface area contributed by atoms with E-state index in [0.717, 1.165) is 17.7 Å². The molecule has 0 unspecified atom stereocenters. The smallest absolute Gasteiger partial charge is 0.349 e. The number of aryl methyl sites for hydroxylation is 1. The summed E-state index contributed by atoms with van der Waals surface area (Å²) in [5.41, 5.74) is 0. The van der Waals surface area contributed by atoms with Crippen molar-refractivity contribution in [3.8, 4) is 5.75 Å². The molecule has 0 spiro atoms. The van der Waals surface area contributed by atoms with Gasteiger partial charge in [-0.3, -0.25) is 0 Å². The van der Waals surface area contributed by atoms with Gasteiger partial charge < -0.3 is 9.84 Å². The summed E-state index contributed by atoms with van der Waals surface area (Å²) in [4.78, 5) is 12.4. The van der Waals surface area contributed by atoms with Crippen molar-refractivity contribution in [1.29, 1.82) is 0 Å². The van der Waals surface area contributed by atoms with Crippen LogP contribution in [0.4, 0.5) is 0 Å². The zero-order valence-electron chi connectivity index (χ0n) is 9.95. The number of hydrogen-bond donors (Lipinski definition) is 1. The Kier molecular flexibility index (Phi) is 4.80. The third kappa shape index (κ3) is 3.52. The van der Waals surface area contributed by atoms with Gasteiger partial charge in [-0.2, -0.15) is 0 Å². The van der Waals surface area contributed by atoms with Crippen molar-refractivity contribution in [3.63, 3.8) is 0 Å². The molecule has 0 radical (unpaired) electrons. The molecule has 0 atom stereocenters. The number of rotatable bonds is 6. The van der Waals surface area contributed by atoms with E-state index in [2.05, 4.69) is 6.92 Å². The lowest BCUT2D eigenvalue weighted by Crippen LogP contribution is -2.06. The normalized spacial score (nSPS) is 10.8. The highest BCUT2D eigenvalue weighted by atomic mass is 32.1. The molecular weight excluding hydrogens is 224 g/mol. The van der Waals surface area contributed by atoms with Crippen LogP contribution in [0.15, 0.2) is 6.07 Å². The first-order chi connectivity index (χ1) is 7.54. The minimum Gasteiger partial charge on any atom is -0.492 e. The number of aromatic carboxylic acids is 1. The van der Waals surface area contributed by atoms with Crippen LogP contribution in [-0.4, -0.2) is 17.7 Å². The fourth-order valence-corrected chi connectivity index (χ4v) is 2.35. The molecule has 1 rings (SSSR count). The van der Waals surface area contributed by atoms with Crippen molar-refractivity contribution in [3.05, 3.63) is 15.8 Å². The second-order valence-electron chi connectivity index (χ2n) is 4.17. The molecule has 0 aliphatic rings. The number of hydrogen-bond acceptors (Lipinski definition) is 3. The van der Waals surface area contributed by atoms with Gasteiger partial charge in [-0.05, 0) is 18.4 Å². The summed E-state index contributed by atoms with van der Waals surface area (Å²) in [5.74, 6) is 0.0249. The van der Waals surface area contributed by atoms with Crippen LogP contribution < -0.4 is 4.74 Å². The van der Waals surface area contributed by atoms with E-state index < -0.39 is 5.97 Å². The van der Waals surface area contributed by atoms with Crippen LogP contribution in [0.2, 0.25) is 0 Å². The zero-order valence-corrected chi connectivity index (χ0v) is 10.8. The van der Waals surface area contributed by atoms with Gasteiger partial charge in [0, 0.05) is 4.88 Å². The Hall–Kier alpha value is -1.03. The van der Waals surface area contributed by atoms with Crippen LogP contribution in [0.1, 0.15) is 41.7 Å². The van der Waals surface area contributed by atoms with Gasteiger partial charge in [0.1, 0.15) is 5.75 Å². The van der Waals surface area contributed by atoms with Gasteiger partial charge in [0.25, 0.3) is 0 Å². The molecule has 16 heavy (non-hydrogen) atoms. The minimum absolute atomic E-state index is 0.323. The summed E-state index contributed by atoms with van der Waals surface area (Å²) < 4.78 is 5.52. The first kappa shape index (κ1) is 13.0.